The van der Waals surface area contributed by atoms with Crippen LogP contribution in [0.1, 0.15) is 25.3 Å². The van der Waals surface area contributed by atoms with E-state index in [9.17, 15) is 0 Å². The average Bonchev–Trinajstić information content (AvgIpc) is 3.01. The van der Waals surface area contributed by atoms with E-state index >= 15 is 0 Å². The van der Waals surface area contributed by atoms with Gasteiger partial charge >= 0.3 is 0 Å². The molecule has 14 heavy (non-hydrogen) atoms. The van der Waals surface area contributed by atoms with E-state index in [0.717, 1.165) is 23.4 Å². The second-order valence-electron chi connectivity index (χ2n) is 3.59. The van der Waals surface area contributed by atoms with Crippen LogP contribution >= 0.6 is 11.8 Å². The average molecular weight is 208 g/mol. The van der Waals surface area contributed by atoms with Gasteiger partial charge in [0.05, 0.1) is 5.03 Å². The van der Waals surface area contributed by atoms with E-state index in [1.54, 1.807) is 11.8 Å². The number of rotatable bonds is 5. The predicted molar refractivity (Wildman–Crippen MR) is 60.5 cm³/mol. The minimum Gasteiger partial charge on any atom is -0.310 e. The van der Waals surface area contributed by atoms with Crippen LogP contribution in [0.15, 0.2) is 23.4 Å². The van der Waals surface area contributed by atoms with Crippen molar-refractivity contribution in [3.8, 4) is 0 Å². The number of thioether (sulfide) groups is 1. The monoisotopic (exact) mass is 208 g/mol. The zero-order valence-electron chi connectivity index (χ0n) is 8.49. The Morgan fingerprint density at radius 2 is 2.36 bits per heavy atom. The van der Waals surface area contributed by atoms with Crippen LogP contribution in [-0.4, -0.2) is 16.8 Å². The minimum absolute atomic E-state index is 0.777. The highest BCUT2D eigenvalue weighted by molar-refractivity contribution is 7.99. The largest absolute Gasteiger partial charge is 0.310 e. The molecule has 2 rings (SSSR count). The van der Waals surface area contributed by atoms with E-state index < -0.39 is 0 Å². The van der Waals surface area contributed by atoms with Crippen molar-refractivity contribution < 1.29 is 0 Å². The number of nitrogens with one attached hydrogen (secondary N) is 1. The SMILES string of the molecule is CCSc1ccc(CNC2CC2)cn1. The third-order valence-corrected chi connectivity index (χ3v) is 3.09. The molecule has 0 bridgehead atoms. The summed E-state index contributed by atoms with van der Waals surface area (Å²) in [6, 6.07) is 5.05. The molecule has 0 atom stereocenters. The summed E-state index contributed by atoms with van der Waals surface area (Å²) in [6.45, 7) is 3.11. The number of nitrogens with zero attached hydrogens (tertiary/aromatic N) is 1. The molecule has 0 saturated heterocycles. The maximum absolute atomic E-state index is 4.39. The van der Waals surface area contributed by atoms with Gasteiger partial charge in [0.2, 0.25) is 0 Å². The molecule has 1 aromatic rings. The Hall–Kier alpha value is -0.540. The second-order valence-corrected chi connectivity index (χ2v) is 4.88. The first-order valence-corrected chi connectivity index (χ1v) is 6.18. The highest BCUT2D eigenvalue weighted by Crippen LogP contribution is 2.19. The molecule has 3 heteroatoms. The van der Waals surface area contributed by atoms with Gasteiger partial charge in [-0.15, -0.1) is 11.8 Å². The number of hydrogen-bond donors (Lipinski definition) is 1. The lowest BCUT2D eigenvalue weighted by Gasteiger charge is -2.03. The van der Waals surface area contributed by atoms with Crippen molar-refractivity contribution in [1.82, 2.24) is 10.3 Å². The Bertz CT molecular complexity index is 280. The van der Waals surface area contributed by atoms with Gasteiger partial charge in [-0.3, -0.25) is 0 Å². The molecule has 1 aliphatic rings. The fourth-order valence-corrected chi connectivity index (χ4v) is 1.89. The van der Waals surface area contributed by atoms with Crippen LogP contribution in [0.2, 0.25) is 0 Å². The minimum atomic E-state index is 0.777. The highest BCUT2D eigenvalue weighted by Gasteiger charge is 2.19. The van der Waals surface area contributed by atoms with Gasteiger partial charge in [0.25, 0.3) is 0 Å². The Kier molecular flexibility index (Phi) is 3.43. The summed E-state index contributed by atoms with van der Waals surface area (Å²) >= 11 is 1.79. The lowest BCUT2D eigenvalue weighted by molar-refractivity contribution is 0.685. The molecule has 0 unspecified atom stereocenters. The first-order chi connectivity index (χ1) is 6.88. The molecule has 1 N–H and O–H groups in total. The Morgan fingerprint density at radius 1 is 1.50 bits per heavy atom. The third kappa shape index (κ3) is 3.00. The van der Waals surface area contributed by atoms with E-state index in [1.165, 1.54) is 18.4 Å². The van der Waals surface area contributed by atoms with Crippen LogP contribution in [0.3, 0.4) is 0 Å². The van der Waals surface area contributed by atoms with E-state index in [4.69, 9.17) is 0 Å². The molecule has 1 saturated carbocycles. The van der Waals surface area contributed by atoms with Crippen molar-refractivity contribution in [2.24, 2.45) is 0 Å². The van der Waals surface area contributed by atoms with Gasteiger partial charge in [-0.05, 0) is 30.2 Å². The van der Waals surface area contributed by atoms with Crippen LogP contribution < -0.4 is 5.32 Å². The van der Waals surface area contributed by atoms with Gasteiger partial charge in [-0.2, -0.15) is 0 Å². The van der Waals surface area contributed by atoms with Crippen molar-refractivity contribution >= 4 is 11.8 Å². The van der Waals surface area contributed by atoms with Gasteiger partial charge in [0.1, 0.15) is 0 Å². The molecule has 1 aliphatic carbocycles. The van der Waals surface area contributed by atoms with E-state index in [1.807, 2.05) is 6.20 Å². The Morgan fingerprint density at radius 3 is 2.93 bits per heavy atom. The van der Waals surface area contributed by atoms with Gasteiger partial charge in [0, 0.05) is 18.8 Å². The standard InChI is InChI=1S/C11H16N2S/c1-2-14-11-6-3-9(8-13-11)7-12-10-4-5-10/h3,6,8,10,12H,2,4-5,7H2,1H3. The Labute approximate surface area is 89.5 Å². The summed E-state index contributed by atoms with van der Waals surface area (Å²) in [6.07, 6.45) is 4.67. The quantitative estimate of drug-likeness (QED) is 0.752. The molecule has 76 valence electrons. The van der Waals surface area contributed by atoms with Crippen LogP contribution in [0.25, 0.3) is 0 Å². The summed E-state index contributed by atoms with van der Waals surface area (Å²) in [7, 11) is 0. The first kappa shape index (κ1) is 9.99. The molecular formula is C11H16N2S. The highest BCUT2D eigenvalue weighted by atomic mass is 32.2. The second kappa shape index (κ2) is 4.80. The maximum Gasteiger partial charge on any atom is 0.0959 e. The van der Waals surface area contributed by atoms with Gasteiger partial charge in [0.15, 0.2) is 0 Å². The molecule has 0 radical (unpaired) electrons. The smallest absolute Gasteiger partial charge is 0.0959 e. The van der Waals surface area contributed by atoms with Crippen molar-refractivity contribution in [3.63, 3.8) is 0 Å². The summed E-state index contributed by atoms with van der Waals surface area (Å²) < 4.78 is 0. The number of aromatic nitrogens is 1. The normalized spacial score (nSPS) is 15.8. The lowest BCUT2D eigenvalue weighted by atomic mass is 10.3. The maximum atomic E-state index is 4.39. The van der Waals surface area contributed by atoms with E-state index in [2.05, 4.69) is 29.4 Å². The molecule has 1 aromatic heterocycles. The van der Waals surface area contributed by atoms with Crippen molar-refractivity contribution in [3.05, 3.63) is 23.9 Å². The van der Waals surface area contributed by atoms with E-state index in [0.29, 0.717) is 0 Å². The van der Waals surface area contributed by atoms with Crippen LogP contribution in [0, 0.1) is 0 Å². The zero-order valence-corrected chi connectivity index (χ0v) is 9.31. The van der Waals surface area contributed by atoms with Gasteiger partial charge < -0.3 is 5.32 Å². The molecule has 2 nitrogen and oxygen atoms in total. The number of pyridine rings is 1. The molecule has 1 fully saturated rings. The van der Waals surface area contributed by atoms with Crippen LogP contribution in [-0.2, 0) is 6.54 Å². The molecule has 0 amide bonds. The summed E-state index contributed by atoms with van der Waals surface area (Å²) in [5, 5.41) is 4.61. The topological polar surface area (TPSA) is 24.9 Å². The fraction of sp³-hybridized carbons (Fsp3) is 0.545. The van der Waals surface area contributed by atoms with E-state index in [-0.39, 0.29) is 0 Å². The fourth-order valence-electron chi connectivity index (χ4n) is 1.30. The van der Waals surface area contributed by atoms with Gasteiger partial charge in [-0.25, -0.2) is 4.98 Å². The summed E-state index contributed by atoms with van der Waals surface area (Å²) in [5.74, 6) is 1.09. The molecule has 0 spiro atoms. The summed E-state index contributed by atoms with van der Waals surface area (Å²) in [5.41, 5.74) is 1.29. The Balaban J connectivity index is 1.84. The predicted octanol–water partition coefficient (Wildman–Crippen LogP) is 2.45. The van der Waals surface area contributed by atoms with Crippen molar-refractivity contribution in [2.45, 2.75) is 37.4 Å². The molecule has 1 heterocycles. The van der Waals surface area contributed by atoms with Crippen LogP contribution in [0.5, 0.6) is 0 Å². The van der Waals surface area contributed by atoms with Gasteiger partial charge in [-0.1, -0.05) is 13.0 Å². The summed E-state index contributed by atoms with van der Waals surface area (Å²) in [4.78, 5) is 4.39. The van der Waals surface area contributed by atoms with Crippen molar-refractivity contribution in [1.29, 1.82) is 0 Å². The third-order valence-electron chi connectivity index (χ3n) is 2.26. The molecule has 0 aromatic carbocycles. The first-order valence-electron chi connectivity index (χ1n) is 5.19. The zero-order chi connectivity index (χ0) is 9.80. The van der Waals surface area contributed by atoms with Crippen molar-refractivity contribution in [2.75, 3.05) is 5.75 Å². The number of hydrogen-bond acceptors (Lipinski definition) is 3. The lowest BCUT2D eigenvalue weighted by Crippen LogP contribution is -2.15. The van der Waals surface area contributed by atoms with Crippen LogP contribution in [0.4, 0.5) is 0 Å². The molecule has 0 aliphatic heterocycles. The molecular weight excluding hydrogens is 192 g/mol.